The molecule has 28 heavy (non-hydrogen) atoms. The van der Waals surface area contributed by atoms with Gasteiger partial charge in [0.25, 0.3) is 0 Å². The number of aryl methyl sites for hydroxylation is 1. The number of hydrogen-bond acceptors (Lipinski definition) is 6. The number of likely N-dealkylation sites (tertiary alicyclic amines) is 1. The lowest BCUT2D eigenvalue weighted by molar-refractivity contribution is -0.131. The van der Waals surface area contributed by atoms with Crippen LogP contribution in [0.15, 0.2) is 24.4 Å². The number of rotatable bonds is 5. The van der Waals surface area contributed by atoms with Crippen molar-refractivity contribution < 1.29 is 4.79 Å². The Bertz CT molecular complexity index is 889. The molecule has 0 bridgehead atoms. The van der Waals surface area contributed by atoms with Crippen LogP contribution < -0.4 is 5.32 Å². The third kappa shape index (κ3) is 4.83. The Kier molecular flexibility index (Phi) is 6.19. The van der Waals surface area contributed by atoms with Gasteiger partial charge in [-0.1, -0.05) is 13.8 Å². The molecule has 0 radical (unpaired) electrons. The number of nitriles is 1. The Labute approximate surface area is 165 Å². The maximum Gasteiger partial charge on any atom is 0.236 e. The van der Waals surface area contributed by atoms with Crippen LogP contribution in [0, 0.1) is 18.3 Å². The van der Waals surface area contributed by atoms with Crippen molar-refractivity contribution >= 4 is 17.5 Å². The molecule has 1 aliphatic heterocycles. The lowest BCUT2D eigenvalue weighted by atomic mass is 9.94. The number of piperidine rings is 1. The van der Waals surface area contributed by atoms with Crippen LogP contribution in [-0.4, -0.2) is 38.8 Å². The molecule has 1 N–H and O–H groups in total. The van der Waals surface area contributed by atoms with Crippen molar-refractivity contribution in [3.63, 3.8) is 0 Å². The van der Waals surface area contributed by atoms with Gasteiger partial charge in [-0.25, -0.2) is 15.0 Å². The third-order valence-corrected chi connectivity index (χ3v) is 4.87. The summed E-state index contributed by atoms with van der Waals surface area (Å²) < 4.78 is 0. The molecule has 1 atom stereocenters. The lowest BCUT2D eigenvalue weighted by Crippen LogP contribution is -2.39. The van der Waals surface area contributed by atoms with E-state index in [0.29, 0.717) is 18.9 Å². The number of pyridine rings is 1. The van der Waals surface area contributed by atoms with Crippen molar-refractivity contribution in [3.8, 4) is 6.07 Å². The number of amides is 1. The van der Waals surface area contributed by atoms with Crippen LogP contribution in [-0.2, 0) is 4.79 Å². The smallest absolute Gasteiger partial charge is 0.236 e. The minimum absolute atomic E-state index is 0.0699. The molecule has 2 aromatic heterocycles. The molecule has 0 aromatic carbocycles. The number of nitrogens with one attached hydrogen (secondary N) is 1. The van der Waals surface area contributed by atoms with E-state index in [-0.39, 0.29) is 24.2 Å². The van der Waals surface area contributed by atoms with Crippen LogP contribution in [0.1, 0.15) is 62.0 Å². The molecular formula is C21H26N6O. The SMILES string of the molecule is Cc1ccnc(Nc2cc(C3CCCN(C(=O)CC#N)C3)nc(C(C)C)n2)c1. The van der Waals surface area contributed by atoms with Gasteiger partial charge >= 0.3 is 0 Å². The first kappa shape index (κ1) is 19.7. The predicted octanol–water partition coefficient (Wildman–Crippen LogP) is 3.67. The number of aromatic nitrogens is 3. The molecule has 3 rings (SSSR count). The molecule has 0 aliphatic carbocycles. The number of nitrogens with zero attached hydrogens (tertiary/aromatic N) is 5. The lowest BCUT2D eigenvalue weighted by Gasteiger charge is -2.32. The summed E-state index contributed by atoms with van der Waals surface area (Å²) in [6, 6.07) is 7.83. The van der Waals surface area contributed by atoms with E-state index in [4.69, 9.17) is 10.2 Å². The monoisotopic (exact) mass is 378 g/mol. The van der Waals surface area contributed by atoms with E-state index >= 15 is 0 Å². The first-order valence-corrected chi connectivity index (χ1v) is 9.69. The number of anilines is 2. The van der Waals surface area contributed by atoms with E-state index in [9.17, 15) is 4.79 Å². The molecule has 7 nitrogen and oxygen atoms in total. The van der Waals surface area contributed by atoms with E-state index in [1.165, 1.54) is 0 Å². The van der Waals surface area contributed by atoms with Crippen LogP contribution in [0.4, 0.5) is 11.6 Å². The van der Waals surface area contributed by atoms with Crippen LogP contribution in [0.2, 0.25) is 0 Å². The van der Waals surface area contributed by atoms with Gasteiger partial charge in [-0.05, 0) is 37.5 Å². The zero-order chi connectivity index (χ0) is 20.1. The van der Waals surface area contributed by atoms with Crippen LogP contribution in [0.3, 0.4) is 0 Å². The topological polar surface area (TPSA) is 94.8 Å². The summed E-state index contributed by atoms with van der Waals surface area (Å²) in [5, 5.41) is 12.1. The maximum absolute atomic E-state index is 12.1. The van der Waals surface area contributed by atoms with Crippen LogP contribution in [0.5, 0.6) is 0 Å². The minimum Gasteiger partial charge on any atom is -0.341 e. The van der Waals surface area contributed by atoms with Crippen LogP contribution >= 0.6 is 0 Å². The number of carbonyl (C=O) groups excluding carboxylic acids is 1. The fraction of sp³-hybridized carbons (Fsp3) is 0.476. The average Bonchev–Trinajstić information content (AvgIpc) is 2.68. The highest BCUT2D eigenvalue weighted by atomic mass is 16.2. The fourth-order valence-corrected chi connectivity index (χ4v) is 3.38. The van der Waals surface area contributed by atoms with Gasteiger partial charge in [-0.3, -0.25) is 4.79 Å². The predicted molar refractivity (Wildman–Crippen MR) is 107 cm³/mol. The first-order valence-electron chi connectivity index (χ1n) is 9.69. The zero-order valence-electron chi connectivity index (χ0n) is 16.6. The Morgan fingerprint density at radius 2 is 2.18 bits per heavy atom. The molecule has 1 aliphatic rings. The van der Waals surface area contributed by atoms with Crippen molar-refractivity contribution in [2.24, 2.45) is 0 Å². The summed E-state index contributed by atoms with van der Waals surface area (Å²) in [4.78, 5) is 27.7. The molecule has 1 amide bonds. The second-order valence-electron chi connectivity index (χ2n) is 7.55. The van der Waals surface area contributed by atoms with Crippen molar-refractivity contribution in [2.75, 3.05) is 18.4 Å². The molecule has 0 saturated carbocycles. The van der Waals surface area contributed by atoms with Gasteiger partial charge in [0.05, 0.1) is 11.8 Å². The Hall–Kier alpha value is -3.01. The van der Waals surface area contributed by atoms with Gasteiger partial charge in [0.2, 0.25) is 5.91 Å². The number of carbonyl (C=O) groups is 1. The maximum atomic E-state index is 12.1. The quantitative estimate of drug-likeness (QED) is 0.853. The van der Waals surface area contributed by atoms with Gasteiger partial charge < -0.3 is 10.2 Å². The highest BCUT2D eigenvalue weighted by Crippen LogP contribution is 2.29. The van der Waals surface area contributed by atoms with Crippen molar-refractivity contribution in [1.29, 1.82) is 5.26 Å². The molecule has 2 aromatic rings. The van der Waals surface area contributed by atoms with E-state index in [0.717, 1.165) is 35.7 Å². The second-order valence-corrected chi connectivity index (χ2v) is 7.55. The Morgan fingerprint density at radius 1 is 1.36 bits per heavy atom. The summed E-state index contributed by atoms with van der Waals surface area (Å²) in [5.41, 5.74) is 2.05. The van der Waals surface area contributed by atoms with Crippen molar-refractivity contribution in [2.45, 2.75) is 51.9 Å². The number of hydrogen-bond donors (Lipinski definition) is 1. The highest BCUT2D eigenvalue weighted by molar-refractivity contribution is 5.78. The molecule has 1 saturated heterocycles. The van der Waals surface area contributed by atoms with Gasteiger partial charge in [0.15, 0.2) is 0 Å². The summed E-state index contributed by atoms with van der Waals surface area (Å²) in [6.07, 6.45) is 3.57. The molecule has 146 valence electrons. The molecule has 7 heteroatoms. The molecule has 3 heterocycles. The molecular weight excluding hydrogens is 352 g/mol. The largest absolute Gasteiger partial charge is 0.341 e. The molecule has 1 unspecified atom stereocenters. The first-order chi connectivity index (χ1) is 13.5. The van der Waals surface area contributed by atoms with E-state index < -0.39 is 0 Å². The van der Waals surface area contributed by atoms with Crippen LogP contribution in [0.25, 0.3) is 0 Å². The Morgan fingerprint density at radius 3 is 2.89 bits per heavy atom. The summed E-state index contributed by atoms with van der Waals surface area (Å²) in [7, 11) is 0. The van der Waals surface area contributed by atoms with E-state index in [2.05, 4.69) is 29.1 Å². The van der Waals surface area contributed by atoms with Gasteiger partial charge in [-0.2, -0.15) is 5.26 Å². The van der Waals surface area contributed by atoms with Gasteiger partial charge in [-0.15, -0.1) is 0 Å². The summed E-state index contributed by atoms with van der Waals surface area (Å²) in [5.74, 6) is 2.45. The normalized spacial score (nSPS) is 16.7. The zero-order valence-corrected chi connectivity index (χ0v) is 16.6. The highest BCUT2D eigenvalue weighted by Gasteiger charge is 2.26. The minimum atomic E-state index is -0.104. The third-order valence-electron chi connectivity index (χ3n) is 4.87. The average molecular weight is 378 g/mol. The van der Waals surface area contributed by atoms with Crippen molar-refractivity contribution in [1.82, 2.24) is 19.9 Å². The molecule has 1 fully saturated rings. The molecule has 0 spiro atoms. The van der Waals surface area contributed by atoms with Gasteiger partial charge in [0.1, 0.15) is 23.9 Å². The van der Waals surface area contributed by atoms with Crippen molar-refractivity contribution in [3.05, 3.63) is 41.5 Å². The van der Waals surface area contributed by atoms with Gasteiger partial charge in [0, 0.05) is 37.2 Å². The summed E-state index contributed by atoms with van der Waals surface area (Å²) in [6.45, 7) is 7.45. The standard InChI is InChI=1S/C21H26N6O/c1-14(2)21-24-17(16-5-4-10-27(13-16)20(28)6-8-22)12-19(26-21)25-18-11-15(3)7-9-23-18/h7,9,11-12,14,16H,4-6,10,13H2,1-3H3,(H,23,24,25,26). The Balaban J connectivity index is 1.86. The fourth-order valence-electron chi connectivity index (χ4n) is 3.38. The van der Waals surface area contributed by atoms with E-state index in [1.54, 1.807) is 11.1 Å². The van der Waals surface area contributed by atoms with E-state index in [1.807, 2.05) is 31.2 Å². The summed E-state index contributed by atoms with van der Waals surface area (Å²) >= 11 is 0. The second kappa shape index (κ2) is 8.79.